The minimum absolute atomic E-state index is 0.0187. The van der Waals surface area contributed by atoms with E-state index >= 15 is 0 Å². The van der Waals surface area contributed by atoms with Crippen molar-refractivity contribution in [1.82, 2.24) is 24.1 Å². The lowest BCUT2D eigenvalue weighted by atomic mass is 10.2. The van der Waals surface area contributed by atoms with E-state index < -0.39 is 0 Å². The van der Waals surface area contributed by atoms with Gasteiger partial charge in [-0.05, 0) is 31.0 Å². The Hall–Kier alpha value is -2.87. The van der Waals surface area contributed by atoms with Gasteiger partial charge in [0.15, 0.2) is 0 Å². The van der Waals surface area contributed by atoms with Gasteiger partial charge in [0.2, 0.25) is 0 Å². The summed E-state index contributed by atoms with van der Waals surface area (Å²) in [4.78, 5) is 21.9. The number of hydrogen-bond donors (Lipinski definition) is 0. The zero-order valence-corrected chi connectivity index (χ0v) is 16.0. The molecule has 146 valence electrons. The number of anilines is 1. The minimum atomic E-state index is -0.225. The molecule has 28 heavy (non-hydrogen) atoms. The van der Waals surface area contributed by atoms with E-state index in [2.05, 4.69) is 32.7 Å². The normalized spacial score (nSPS) is 20.2. The molecule has 0 unspecified atom stereocenters. The second kappa shape index (κ2) is 6.94. The van der Waals surface area contributed by atoms with Crippen molar-refractivity contribution < 1.29 is 9.53 Å². The lowest BCUT2D eigenvalue weighted by Crippen LogP contribution is -2.43. The van der Waals surface area contributed by atoms with Crippen LogP contribution in [0.4, 0.5) is 5.82 Å². The summed E-state index contributed by atoms with van der Waals surface area (Å²) in [6, 6.07) is 7.97. The summed E-state index contributed by atoms with van der Waals surface area (Å²) in [5.41, 5.74) is 2.37. The maximum Gasteiger partial charge on any atom is 0.272 e. The summed E-state index contributed by atoms with van der Waals surface area (Å²) >= 11 is 0. The number of hydrogen-bond acceptors (Lipinski definition) is 5. The predicted octanol–water partition coefficient (Wildman–Crippen LogP) is 1.88. The molecule has 3 aromatic rings. The van der Waals surface area contributed by atoms with Gasteiger partial charge in [0.1, 0.15) is 23.3 Å². The molecule has 0 N–H and O–H groups in total. The van der Waals surface area contributed by atoms with Gasteiger partial charge < -0.3 is 14.5 Å². The first-order valence-electron chi connectivity index (χ1n) is 9.82. The van der Waals surface area contributed by atoms with E-state index in [4.69, 9.17) is 9.72 Å². The highest BCUT2D eigenvalue weighted by Crippen LogP contribution is 2.27. The Labute approximate surface area is 163 Å². The molecule has 0 bridgehead atoms. The van der Waals surface area contributed by atoms with Crippen molar-refractivity contribution in [2.75, 3.05) is 37.7 Å². The molecule has 5 heterocycles. The Bertz CT molecular complexity index is 1000. The van der Waals surface area contributed by atoms with Crippen molar-refractivity contribution in [3.8, 4) is 0 Å². The fourth-order valence-corrected chi connectivity index (χ4v) is 4.13. The molecule has 0 spiro atoms. The standard InChI is InChI=1S/C20H24N6O2/c1-23-16(7-8-21-23)20(27)25-11-12-28-17(14-25)15-13-26-18(22-15)5-4-6-19(26)24-9-2-3-10-24/h4-8,13,17H,2-3,9-12,14H2,1H3/t17-/m1/s1. The monoisotopic (exact) mass is 380 g/mol. The molecule has 0 radical (unpaired) electrons. The summed E-state index contributed by atoms with van der Waals surface area (Å²) in [5.74, 6) is 1.15. The number of nitrogens with zero attached hydrogens (tertiary/aromatic N) is 6. The zero-order chi connectivity index (χ0) is 19.1. The molecule has 1 amide bonds. The van der Waals surface area contributed by atoms with Crippen LogP contribution in [0.3, 0.4) is 0 Å². The number of aryl methyl sites for hydroxylation is 1. The molecule has 2 aliphatic rings. The van der Waals surface area contributed by atoms with Crippen LogP contribution in [0.1, 0.15) is 35.1 Å². The molecule has 8 nitrogen and oxygen atoms in total. The number of aromatic nitrogens is 4. The second-order valence-electron chi connectivity index (χ2n) is 7.42. The quantitative estimate of drug-likeness (QED) is 0.694. The molecule has 1 atom stereocenters. The second-order valence-corrected chi connectivity index (χ2v) is 7.42. The molecule has 0 aliphatic carbocycles. The summed E-state index contributed by atoms with van der Waals surface area (Å²) in [6.45, 7) is 3.74. The number of carbonyl (C=O) groups is 1. The average molecular weight is 380 g/mol. The molecule has 0 saturated carbocycles. The van der Waals surface area contributed by atoms with Gasteiger partial charge in [0.05, 0.1) is 18.8 Å². The van der Waals surface area contributed by atoms with E-state index in [-0.39, 0.29) is 12.0 Å². The van der Waals surface area contributed by atoms with Crippen LogP contribution in [0, 0.1) is 0 Å². The first-order valence-corrected chi connectivity index (χ1v) is 9.82. The molecule has 8 heteroatoms. The van der Waals surface area contributed by atoms with Crippen LogP contribution in [-0.4, -0.2) is 62.8 Å². The van der Waals surface area contributed by atoms with Crippen molar-refractivity contribution >= 4 is 17.4 Å². The van der Waals surface area contributed by atoms with E-state index in [1.165, 1.54) is 18.7 Å². The van der Waals surface area contributed by atoms with E-state index in [1.54, 1.807) is 24.0 Å². The Morgan fingerprint density at radius 2 is 2.04 bits per heavy atom. The molecular formula is C20H24N6O2. The topological polar surface area (TPSA) is 67.9 Å². The van der Waals surface area contributed by atoms with Crippen LogP contribution in [-0.2, 0) is 11.8 Å². The van der Waals surface area contributed by atoms with Crippen LogP contribution < -0.4 is 4.90 Å². The van der Waals surface area contributed by atoms with Crippen molar-refractivity contribution in [2.45, 2.75) is 18.9 Å². The summed E-state index contributed by atoms with van der Waals surface area (Å²) < 4.78 is 9.74. The van der Waals surface area contributed by atoms with Gasteiger partial charge in [0, 0.05) is 39.1 Å². The third-order valence-corrected chi connectivity index (χ3v) is 5.64. The lowest BCUT2D eigenvalue weighted by molar-refractivity contribution is -0.0248. The molecule has 0 aromatic carbocycles. The van der Waals surface area contributed by atoms with Crippen molar-refractivity contribution in [1.29, 1.82) is 0 Å². The van der Waals surface area contributed by atoms with E-state index in [1.807, 2.05) is 11.0 Å². The number of rotatable bonds is 3. The fourth-order valence-electron chi connectivity index (χ4n) is 4.13. The zero-order valence-electron chi connectivity index (χ0n) is 16.0. The first-order chi connectivity index (χ1) is 13.7. The van der Waals surface area contributed by atoms with Crippen LogP contribution in [0.2, 0.25) is 0 Å². The maximum absolute atomic E-state index is 12.8. The SMILES string of the molecule is Cn1nccc1C(=O)N1CCO[C@@H](c2cn3c(N4CCCC4)cccc3n2)C1. The Balaban J connectivity index is 1.41. The molecule has 3 aromatic heterocycles. The van der Waals surface area contributed by atoms with E-state index in [0.29, 0.717) is 25.4 Å². The van der Waals surface area contributed by atoms with Crippen molar-refractivity contribution in [3.63, 3.8) is 0 Å². The third kappa shape index (κ3) is 2.93. The van der Waals surface area contributed by atoms with Crippen LogP contribution in [0.25, 0.3) is 5.65 Å². The highest BCUT2D eigenvalue weighted by molar-refractivity contribution is 5.92. The lowest BCUT2D eigenvalue weighted by Gasteiger charge is -2.32. The number of morpholine rings is 1. The largest absolute Gasteiger partial charge is 0.368 e. The number of ether oxygens (including phenoxy) is 1. The van der Waals surface area contributed by atoms with Crippen LogP contribution in [0.15, 0.2) is 36.7 Å². The highest BCUT2D eigenvalue weighted by atomic mass is 16.5. The third-order valence-electron chi connectivity index (χ3n) is 5.64. The molecule has 2 saturated heterocycles. The van der Waals surface area contributed by atoms with Gasteiger partial charge in [-0.1, -0.05) is 6.07 Å². The smallest absolute Gasteiger partial charge is 0.272 e. The Kier molecular flexibility index (Phi) is 4.27. The maximum atomic E-state index is 12.8. The summed E-state index contributed by atoms with van der Waals surface area (Å²) in [7, 11) is 1.78. The van der Waals surface area contributed by atoms with Gasteiger partial charge >= 0.3 is 0 Å². The fraction of sp³-hybridized carbons (Fsp3) is 0.450. The van der Waals surface area contributed by atoms with Crippen molar-refractivity contribution in [2.24, 2.45) is 7.05 Å². The number of imidazole rings is 1. The number of pyridine rings is 1. The molecule has 5 rings (SSSR count). The van der Waals surface area contributed by atoms with Gasteiger partial charge in [-0.3, -0.25) is 13.9 Å². The minimum Gasteiger partial charge on any atom is -0.368 e. The van der Waals surface area contributed by atoms with Gasteiger partial charge in [0.25, 0.3) is 5.91 Å². The molecular weight excluding hydrogens is 356 g/mol. The van der Waals surface area contributed by atoms with E-state index in [0.717, 1.165) is 24.4 Å². The number of amides is 1. The highest BCUT2D eigenvalue weighted by Gasteiger charge is 2.29. The predicted molar refractivity (Wildman–Crippen MR) is 104 cm³/mol. The molecule has 2 fully saturated rings. The summed E-state index contributed by atoms with van der Waals surface area (Å²) in [6.07, 6.45) is 5.94. The first kappa shape index (κ1) is 17.2. The Morgan fingerprint density at radius 3 is 2.82 bits per heavy atom. The number of fused-ring (bicyclic) bond motifs is 1. The number of carbonyl (C=O) groups excluding carboxylic acids is 1. The van der Waals surface area contributed by atoms with Crippen LogP contribution in [0.5, 0.6) is 0 Å². The van der Waals surface area contributed by atoms with E-state index in [9.17, 15) is 4.79 Å². The van der Waals surface area contributed by atoms with Gasteiger partial charge in [-0.15, -0.1) is 0 Å². The van der Waals surface area contributed by atoms with Crippen LogP contribution >= 0.6 is 0 Å². The van der Waals surface area contributed by atoms with Crippen molar-refractivity contribution in [3.05, 3.63) is 48.0 Å². The average Bonchev–Trinajstić information content (AvgIpc) is 3.47. The Morgan fingerprint density at radius 1 is 1.18 bits per heavy atom. The molecule has 2 aliphatic heterocycles. The van der Waals surface area contributed by atoms with Gasteiger partial charge in [-0.2, -0.15) is 5.10 Å². The van der Waals surface area contributed by atoms with Gasteiger partial charge in [-0.25, -0.2) is 4.98 Å². The summed E-state index contributed by atoms with van der Waals surface area (Å²) in [5, 5.41) is 4.10.